The van der Waals surface area contributed by atoms with Gasteiger partial charge in [0.2, 0.25) is 0 Å². The van der Waals surface area contributed by atoms with Gasteiger partial charge in [-0.05, 0) is 66.2 Å². The van der Waals surface area contributed by atoms with Gasteiger partial charge in [-0.1, -0.05) is 35.3 Å². The molecular formula is C24H17Cl2N3O4. The maximum Gasteiger partial charge on any atom is 0.266 e. The molecule has 33 heavy (non-hydrogen) atoms. The van der Waals surface area contributed by atoms with Crippen LogP contribution in [0.1, 0.15) is 5.56 Å². The number of nitrogens with one attached hydrogen (secondary N) is 2. The van der Waals surface area contributed by atoms with E-state index in [9.17, 15) is 20.0 Å². The fourth-order valence-corrected chi connectivity index (χ4v) is 2.97. The molecule has 0 saturated heterocycles. The van der Waals surface area contributed by atoms with Crippen LogP contribution in [0.4, 0.5) is 11.4 Å². The van der Waals surface area contributed by atoms with Gasteiger partial charge in [0, 0.05) is 11.4 Å². The molecule has 0 saturated carbocycles. The van der Waals surface area contributed by atoms with E-state index < -0.39 is 11.8 Å². The third-order valence-electron chi connectivity index (χ3n) is 4.23. The van der Waals surface area contributed by atoms with Crippen molar-refractivity contribution in [1.29, 1.82) is 5.26 Å². The van der Waals surface area contributed by atoms with Gasteiger partial charge in [0.05, 0.1) is 10.0 Å². The first-order valence-electron chi connectivity index (χ1n) is 9.54. The molecule has 0 aliphatic rings. The van der Waals surface area contributed by atoms with Gasteiger partial charge in [-0.15, -0.1) is 0 Å². The molecule has 0 fully saturated rings. The van der Waals surface area contributed by atoms with Gasteiger partial charge in [-0.25, -0.2) is 0 Å². The molecule has 0 unspecified atom stereocenters. The van der Waals surface area contributed by atoms with E-state index >= 15 is 0 Å². The molecule has 3 aromatic carbocycles. The number of ether oxygens (including phenoxy) is 1. The fraction of sp³-hybridized carbons (Fsp3) is 0.0417. The molecular weight excluding hydrogens is 465 g/mol. The Hall–Kier alpha value is -3.99. The first-order valence-corrected chi connectivity index (χ1v) is 10.3. The summed E-state index contributed by atoms with van der Waals surface area (Å²) in [4.78, 5) is 24.5. The van der Waals surface area contributed by atoms with Crippen molar-refractivity contribution < 1.29 is 19.4 Å². The summed E-state index contributed by atoms with van der Waals surface area (Å²) >= 11 is 11.8. The Kier molecular flexibility index (Phi) is 7.92. The van der Waals surface area contributed by atoms with Crippen LogP contribution in [0, 0.1) is 11.3 Å². The number of anilines is 2. The first-order chi connectivity index (χ1) is 15.8. The monoisotopic (exact) mass is 481 g/mol. The van der Waals surface area contributed by atoms with E-state index in [1.54, 1.807) is 36.4 Å². The number of halogens is 2. The molecule has 166 valence electrons. The minimum atomic E-state index is -0.601. The van der Waals surface area contributed by atoms with Gasteiger partial charge in [-0.3, -0.25) is 9.59 Å². The highest BCUT2D eigenvalue weighted by atomic mass is 35.5. The lowest BCUT2D eigenvalue weighted by Gasteiger charge is -2.09. The lowest BCUT2D eigenvalue weighted by molar-refractivity contribution is -0.118. The summed E-state index contributed by atoms with van der Waals surface area (Å²) in [5, 5.41) is 24.6. The Morgan fingerprint density at radius 2 is 1.70 bits per heavy atom. The molecule has 9 heteroatoms. The molecule has 0 heterocycles. The predicted octanol–water partition coefficient (Wildman–Crippen LogP) is 5.26. The number of benzene rings is 3. The highest BCUT2D eigenvalue weighted by molar-refractivity contribution is 6.42. The van der Waals surface area contributed by atoms with E-state index in [4.69, 9.17) is 27.9 Å². The van der Waals surface area contributed by atoms with Crippen LogP contribution in [-0.4, -0.2) is 23.5 Å². The third-order valence-corrected chi connectivity index (χ3v) is 4.97. The smallest absolute Gasteiger partial charge is 0.266 e. The maximum atomic E-state index is 12.4. The number of phenolic OH excluding ortho intramolecular Hbond substituents is 1. The molecule has 3 N–H and O–H groups in total. The van der Waals surface area contributed by atoms with E-state index in [2.05, 4.69) is 10.6 Å². The van der Waals surface area contributed by atoms with Crippen LogP contribution in [-0.2, 0) is 9.59 Å². The molecule has 0 bridgehead atoms. The van der Waals surface area contributed by atoms with E-state index in [0.29, 0.717) is 32.7 Å². The fourth-order valence-electron chi connectivity index (χ4n) is 2.67. The van der Waals surface area contributed by atoms with Crippen LogP contribution in [0.15, 0.2) is 72.3 Å². The van der Waals surface area contributed by atoms with Gasteiger partial charge in [-0.2, -0.15) is 5.26 Å². The second-order valence-electron chi connectivity index (χ2n) is 6.71. The summed E-state index contributed by atoms with van der Waals surface area (Å²) < 4.78 is 5.51. The zero-order valence-corrected chi connectivity index (χ0v) is 18.5. The van der Waals surface area contributed by atoms with Crippen LogP contribution in [0.3, 0.4) is 0 Å². The predicted molar refractivity (Wildman–Crippen MR) is 127 cm³/mol. The van der Waals surface area contributed by atoms with Gasteiger partial charge in [0.25, 0.3) is 11.8 Å². The van der Waals surface area contributed by atoms with E-state index in [1.807, 2.05) is 6.07 Å². The molecule has 3 rings (SSSR count). The van der Waals surface area contributed by atoms with Crippen molar-refractivity contribution in [3.05, 3.63) is 87.9 Å². The van der Waals surface area contributed by atoms with Crippen molar-refractivity contribution in [2.24, 2.45) is 0 Å². The van der Waals surface area contributed by atoms with E-state index in [0.717, 1.165) is 0 Å². The van der Waals surface area contributed by atoms with Gasteiger partial charge < -0.3 is 20.5 Å². The van der Waals surface area contributed by atoms with Crippen molar-refractivity contribution in [2.45, 2.75) is 0 Å². The number of amides is 2. The lowest BCUT2D eigenvalue weighted by Crippen LogP contribution is -2.20. The Bertz CT molecular complexity index is 1250. The maximum absolute atomic E-state index is 12.4. The molecule has 0 radical (unpaired) electrons. The standard InChI is InChI=1S/C24H17Cl2N3O4/c25-21-9-6-18(12-22(21)26)28-23(31)14-33-20-3-1-2-15(11-20)10-16(13-27)24(32)29-17-4-7-19(30)8-5-17/h1-12,30H,14H2,(H,28,31)(H,29,32). The number of hydrogen-bond donors (Lipinski definition) is 3. The number of nitrogens with zero attached hydrogens (tertiary/aromatic N) is 1. The van der Waals surface area contributed by atoms with Crippen molar-refractivity contribution in [3.8, 4) is 17.6 Å². The Labute approximate surface area is 199 Å². The topological polar surface area (TPSA) is 111 Å². The zero-order chi connectivity index (χ0) is 23.8. The third kappa shape index (κ3) is 7.01. The average Bonchev–Trinajstić information content (AvgIpc) is 2.80. The van der Waals surface area contributed by atoms with Gasteiger partial charge >= 0.3 is 0 Å². The summed E-state index contributed by atoms with van der Waals surface area (Å²) in [6.45, 7) is -0.264. The highest BCUT2D eigenvalue weighted by Crippen LogP contribution is 2.25. The van der Waals surface area contributed by atoms with Crippen LogP contribution in [0.25, 0.3) is 6.08 Å². The van der Waals surface area contributed by atoms with Gasteiger partial charge in [0.1, 0.15) is 23.1 Å². The largest absolute Gasteiger partial charge is 0.508 e. The molecule has 0 aliphatic carbocycles. The Morgan fingerprint density at radius 1 is 0.970 bits per heavy atom. The quantitative estimate of drug-likeness (QED) is 0.242. The van der Waals surface area contributed by atoms with Crippen LogP contribution >= 0.6 is 23.2 Å². The van der Waals surface area contributed by atoms with Gasteiger partial charge in [0.15, 0.2) is 6.61 Å². The first kappa shape index (κ1) is 23.7. The molecule has 7 nitrogen and oxygen atoms in total. The Morgan fingerprint density at radius 3 is 2.39 bits per heavy atom. The molecule has 3 aromatic rings. The number of carbonyl (C=O) groups excluding carboxylic acids is 2. The second-order valence-corrected chi connectivity index (χ2v) is 7.52. The van der Waals surface area contributed by atoms with Crippen molar-refractivity contribution >= 4 is 52.5 Å². The van der Waals surface area contributed by atoms with Crippen LogP contribution in [0.5, 0.6) is 11.5 Å². The number of aromatic hydroxyl groups is 1. The summed E-state index contributed by atoms with van der Waals surface area (Å²) in [5.74, 6) is -0.563. The number of carbonyl (C=O) groups is 2. The normalized spacial score (nSPS) is 10.8. The van der Waals surface area contributed by atoms with E-state index in [1.165, 1.54) is 36.4 Å². The molecule has 2 amide bonds. The summed E-state index contributed by atoms with van der Waals surface area (Å²) in [6.07, 6.45) is 1.40. The summed E-state index contributed by atoms with van der Waals surface area (Å²) in [5.41, 5.74) is 1.32. The lowest BCUT2D eigenvalue weighted by atomic mass is 10.1. The summed E-state index contributed by atoms with van der Waals surface area (Å²) in [6, 6.07) is 19.0. The summed E-state index contributed by atoms with van der Waals surface area (Å²) in [7, 11) is 0. The molecule has 0 aliphatic heterocycles. The van der Waals surface area contributed by atoms with Crippen LogP contribution in [0.2, 0.25) is 10.0 Å². The number of rotatable bonds is 7. The SMILES string of the molecule is N#CC(=Cc1cccc(OCC(=O)Nc2ccc(Cl)c(Cl)c2)c1)C(=O)Nc1ccc(O)cc1. The molecule has 0 aromatic heterocycles. The second kappa shape index (κ2) is 11.0. The minimum Gasteiger partial charge on any atom is -0.508 e. The number of phenols is 1. The number of nitriles is 1. The average molecular weight is 482 g/mol. The van der Waals surface area contributed by atoms with Crippen molar-refractivity contribution in [1.82, 2.24) is 0 Å². The van der Waals surface area contributed by atoms with Crippen molar-refractivity contribution in [2.75, 3.05) is 17.2 Å². The van der Waals surface area contributed by atoms with E-state index in [-0.39, 0.29) is 17.9 Å². The molecule has 0 spiro atoms. The zero-order valence-electron chi connectivity index (χ0n) is 17.0. The van der Waals surface area contributed by atoms with Crippen LogP contribution < -0.4 is 15.4 Å². The van der Waals surface area contributed by atoms with Crippen molar-refractivity contribution in [3.63, 3.8) is 0 Å². The Balaban J connectivity index is 1.62. The minimum absolute atomic E-state index is 0.0616. The highest BCUT2D eigenvalue weighted by Gasteiger charge is 2.11. The number of hydrogen-bond acceptors (Lipinski definition) is 5. The molecule has 0 atom stereocenters.